The first-order valence-electron chi connectivity index (χ1n) is 8.78. The molecule has 24 heavy (non-hydrogen) atoms. The van der Waals surface area contributed by atoms with Crippen LogP contribution in [0.15, 0.2) is 24.3 Å². The fourth-order valence-corrected chi connectivity index (χ4v) is 3.09. The van der Waals surface area contributed by atoms with Gasteiger partial charge in [-0.3, -0.25) is 4.79 Å². The molecule has 0 saturated heterocycles. The molecule has 1 aliphatic rings. The smallest absolute Gasteiger partial charge is 0.315 e. The van der Waals surface area contributed by atoms with Gasteiger partial charge in [0.25, 0.3) is 0 Å². The average Bonchev–Trinajstić information content (AvgIpc) is 2.62. The number of benzene rings is 1. The van der Waals surface area contributed by atoms with Gasteiger partial charge in [0.1, 0.15) is 11.9 Å². The topological polar surface area (TPSA) is 54.0 Å². The van der Waals surface area contributed by atoms with Gasteiger partial charge in [0, 0.05) is 19.4 Å². The van der Waals surface area contributed by atoms with Crippen molar-refractivity contribution in [3.63, 3.8) is 0 Å². The van der Waals surface area contributed by atoms with E-state index < -0.39 is 6.48 Å². The van der Waals surface area contributed by atoms with Crippen LogP contribution >= 0.6 is 0 Å². The molecule has 1 aromatic rings. The summed E-state index contributed by atoms with van der Waals surface area (Å²) in [5.41, 5.74) is 1.13. The molecule has 1 aromatic carbocycles. The Balaban J connectivity index is 2.11. The lowest BCUT2D eigenvalue weighted by atomic mass is 9.81. The molecule has 1 saturated carbocycles. The van der Waals surface area contributed by atoms with Gasteiger partial charge in [-0.1, -0.05) is 25.5 Å². The molecule has 0 aromatic heterocycles. The van der Waals surface area contributed by atoms with Gasteiger partial charge >= 0.3 is 12.4 Å². The van der Waals surface area contributed by atoms with Gasteiger partial charge in [-0.25, -0.2) is 0 Å². The second-order valence-electron chi connectivity index (χ2n) is 5.94. The van der Waals surface area contributed by atoms with Crippen molar-refractivity contribution < 1.29 is 23.7 Å². The van der Waals surface area contributed by atoms with Crippen LogP contribution in [0.4, 0.5) is 0 Å². The molecule has 5 nitrogen and oxygen atoms in total. The van der Waals surface area contributed by atoms with Crippen LogP contribution in [-0.2, 0) is 19.0 Å². The van der Waals surface area contributed by atoms with Gasteiger partial charge in [-0.15, -0.1) is 0 Å². The first-order valence-corrected chi connectivity index (χ1v) is 8.78. The highest BCUT2D eigenvalue weighted by atomic mass is 16.8. The number of hydrogen-bond acceptors (Lipinski definition) is 5. The number of carbonyl (C=O) groups is 1. The minimum atomic E-state index is -0.717. The summed E-state index contributed by atoms with van der Waals surface area (Å²) in [5, 5.41) is 0. The molecule has 0 radical (unpaired) electrons. The van der Waals surface area contributed by atoms with Crippen LogP contribution in [0, 0.1) is 0 Å². The number of hydrogen-bond donors (Lipinski definition) is 0. The average molecular weight is 336 g/mol. The highest BCUT2D eigenvalue weighted by Crippen LogP contribution is 2.36. The van der Waals surface area contributed by atoms with Crippen molar-refractivity contribution in [2.45, 2.75) is 64.4 Å². The molecular weight excluding hydrogens is 308 g/mol. The van der Waals surface area contributed by atoms with Crippen molar-refractivity contribution in [2.75, 3.05) is 13.7 Å². The second kappa shape index (κ2) is 9.64. The second-order valence-corrected chi connectivity index (χ2v) is 5.94. The summed E-state index contributed by atoms with van der Waals surface area (Å²) in [6, 6.07) is 7.90. The minimum Gasteiger partial charge on any atom is -0.462 e. The minimum absolute atomic E-state index is 0.0495. The standard InChI is InChI=1S/C19H28O5/c1-4-18(20)24-17-12-7-6-11-16(17)14-9-8-10-15(13-14)23-19(21-3)22-5-2/h8-10,13,16-17,19H,4-7,11-12H2,1-3H3/t16-,17+,19?/m0/s1. The molecule has 1 aliphatic carbocycles. The van der Waals surface area contributed by atoms with E-state index in [0.717, 1.165) is 31.2 Å². The zero-order chi connectivity index (χ0) is 17.4. The predicted octanol–water partition coefficient (Wildman–Crippen LogP) is 4.01. The molecule has 0 bridgehead atoms. The quantitative estimate of drug-likeness (QED) is 0.530. The Hall–Kier alpha value is -1.59. The highest BCUT2D eigenvalue weighted by Gasteiger charge is 2.29. The van der Waals surface area contributed by atoms with Crippen LogP contribution in [0.3, 0.4) is 0 Å². The molecule has 5 heteroatoms. The third kappa shape index (κ3) is 5.21. The Kier molecular flexibility index (Phi) is 7.53. The van der Waals surface area contributed by atoms with Gasteiger partial charge in [-0.2, -0.15) is 0 Å². The van der Waals surface area contributed by atoms with Crippen LogP contribution in [-0.4, -0.2) is 32.3 Å². The van der Waals surface area contributed by atoms with E-state index in [9.17, 15) is 4.79 Å². The molecule has 0 N–H and O–H groups in total. The Labute approximate surface area is 144 Å². The van der Waals surface area contributed by atoms with Gasteiger partial charge in [0.2, 0.25) is 0 Å². The van der Waals surface area contributed by atoms with Gasteiger partial charge in [-0.05, 0) is 43.9 Å². The zero-order valence-electron chi connectivity index (χ0n) is 14.8. The maximum Gasteiger partial charge on any atom is 0.315 e. The number of esters is 1. The number of methoxy groups -OCH3 is 1. The summed E-state index contributed by atoms with van der Waals surface area (Å²) >= 11 is 0. The first kappa shape index (κ1) is 18.7. The van der Waals surface area contributed by atoms with Crippen molar-refractivity contribution in [3.05, 3.63) is 29.8 Å². The summed E-state index contributed by atoms with van der Waals surface area (Å²) in [6.45, 7) is 3.51. The van der Waals surface area contributed by atoms with Crippen molar-refractivity contribution in [2.24, 2.45) is 0 Å². The molecule has 0 spiro atoms. The van der Waals surface area contributed by atoms with Gasteiger partial charge in [0.15, 0.2) is 0 Å². The molecular formula is C19H28O5. The SMILES string of the molecule is CCOC(OC)Oc1cccc([C@@H]2CCCC[C@H]2OC(=O)CC)c1. The fraction of sp³-hybridized carbons (Fsp3) is 0.632. The third-order valence-electron chi connectivity index (χ3n) is 4.29. The van der Waals surface area contributed by atoms with Gasteiger partial charge in [0.05, 0.1) is 6.61 Å². The Morgan fingerprint density at radius 2 is 2.04 bits per heavy atom. The van der Waals surface area contributed by atoms with E-state index >= 15 is 0 Å². The lowest BCUT2D eigenvalue weighted by Gasteiger charge is -2.31. The fourth-order valence-electron chi connectivity index (χ4n) is 3.09. The van der Waals surface area contributed by atoms with Crippen molar-refractivity contribution >= 4 is 5.97 Å². The maximum absolute atomic E-state index is 11.7. The molecule has 3 atom stereocenters. The van der Waals surface area contributed by atoms with Crippen LogP contribution in [0.5, 0.6) is 5.75 Å². The summed E-state index contributed by atoms with van der Waals surface area (Å²) in [6.07, 6.45) is 4.55. The van der Waals surface area contributed by atoms with E-state index in [1.807, 2.05) is 32.0 Å². The molecule has 0 aliphatic heterocycles. The molecule has 1 unspecified atom stereocenters. The summed E-state index contributed by atoms with van der Waals surface area (Å²) in [4.78, 5) is 11.7. The molecule has 0 heterocycles. The van der Waals surface area contributed by atoms with E-state index in [1.54, 1.807) is 7.11 Å². The molecule has 1 fully saturated rings. The summed E-state index contributed by atoms with van der Waals surface area (Å²) in [5.74, 6) is 0.778. The summed E-state index contributed by atoms with van der Waals surface area (Å²) in [7, 11) is 1.55. The predicted molar refractivity (Wildman–Crippen MR) is 90.9 cm³/mol. The van der Waals surface area contributed by atoms with Crippen LogP contribution < -0.4 is 4.74 Å². The third-order valence-corrected chi connectivity index (χ3v) is 4.29. The van der Waals surface area contributed by atoms with E-state index in [-0.39, 0.29) is 18.0 Å². The highest BCUT2D eigenvalue weighted by molar-refractivity contribution is 5.69. The van der Waals surface area contributed by atoms with Crippen molar-refractivity contribution in [1.29, 1.82) is 0 Å². The van der Waals surface area contributed by atoms with Gasteiger partial charge < -0.3 is 18.9 Å². The molecule has 134 valence electrons. The van der Waals surface area contributed by atoms with E-state index in [0.29, 0.717) is 18.8 Å². The zero-order valence-corrected chi connectivity index (χ0v) is 14.8. The normalized spacial score (nSPS) is 22.0. The van der Waals surface area contributed by atoms with Crippen LogP contribution in [0.25, 0.3) is 0 Å². The Morgan fingerprint density at radius 3 is 2.75 bits per heavy atom. The number of rotatable bonds is 8. The lowest BCUT2D eigenvalue weighted by Crippen LogP contribution is -2.28. The Bertz CT molecular complexity index is 516. The van der Waals surface area contributed by atoms with Crippen molar-refractivity contribution in [1.82, 2.24) is 0 Å². The Morgan fingerprint density at radius 1 is 1.25 bits per heavy atom. The van der Waals surface area contributed by atoms with E-state index in [4.69, 9.17) is 18.9 Å². The van der Waals surface area contributed by atoms with E-state index in [1.165, 1.54) is 0 Å². The van der Waals surface area contributed by atoms with Crippen LogP contribution in [0.1, 0.15) is 57.4 Å². The lowest BCUT2D eigenvalue weighted by molar-refractivity contribution is -0.231. The number of ether oxygens (including phenoxy) is 4. The van der Waals surface area contributed by atoms with E-state index in [2.05, 4.69) is 6.07 Å². The largest absolute Gasteiger partial charge is 0.462 e. The monoisotopic (exact) mass is 336 g/mol. The van der Waals surface area contributed by atoms with Crippen molar-refractivity contribution in [3.8, 4) is 5.75 Å². The van der Waals surface area contributed by atoms with Crippen LogP contribution in [0.2, 0.25) is 0 Å². The summed E-state index contributed by atoms with van der Waals surface area (Å²) < 4.78 is 21.9. The molecule has 0 amide bonds. The maximum atomic E-state index is 11.7. The number of carbonyl (C=O) groups excluding carboxylic acids is 1. The first-order chi connectivity index (χ1) is 11.7. The molecule has 2 rings (SSSR count).